The Hall–Kier alpha value is -2.54. The molecule has 1 N–H and O–H groups in total. The summed E-state index contributed by atoms with van der Waals surface area (Å²) in [6, 6.07) is 13.7. The Labute approximate surface area is 178 Å². The number of sulfonamides is 1. The first-order valence-corrected chi connectivity index (χ1v) is 11.8. The van der Waals surface area contributed by atoms with Crippen LogP contribution in [0.4, 0.5) is 5.69 Å². The molecule has 160 valence electrons. The van der Waals surface area contributed by atoms with Crippen molar-refractivity contribution in [2.45, 2.75) is 43.5 Å². The standard InChI is InChI=1S/C23H28N2O4S/c1-16-12-20(10-11-22(16)29-2)30(27,28)25(19-6-4-3-5-7-19)15-23(26)24-21-14-17-8-9-18(21)13-17/h3-7,10-12,17-18,21H,8-9,13-15H2,1-2H3,(H,24,26). The number of aryl methyl sites for hydroxylation is 1. The molecule has 2 aliphatic carbocycles. The maximum Gasteiger partial charge on any atom is 0.264 e. The summed E-state index contributed by atoms with van der Waals surface area (Å²) in [7, 11) is -2.38. The number of carbonyl (C=O) groups excluding carboxylic acids is 1. The number of anilines is 1. The second-order valence-corrected chi connectivity index (χ2v) is 10.2. The van der Waals surface area contributed by atoms with Crippen molar-refractivity contribution in [3.05, 3.63) is 54.1 Å². The number of fused-ring (bicyclic) bond motifs is 2. The summed E-state index contributed by atoms with van der Waals surface area (Å²) in [6.45, 7) is 1.55. The van der Waals surface area contributed by atoms with E-state index < -0.39 is 10.0 Å². The third-order valence-corrected chi connectivity index (χ3v) is 8.14. The molecular formula is C23H28N2O4S. The third kappa shape index (κ3) is 4.03. The highest BCUT2D eigenvalue weighted by molar-refractivity contribution is 7.92. The van der Waals surface area contributed by atoms with Crippen molar-refractivity contribution in [2.75, 3.05) is 18.0 Å². The van der Waals surface area contributed by atoms with Crippen molar-refractivity contribution in [1.82, 2.24) is 5.32 Å². The van der Waals surface area contributed by atoms with Gasteiger partial charge in [0.1, 0.15) is 12.3 Å². The third-order valence-electron chi connectivity index (χ3n) is 6.37. The fourth-order valence-electron chi connectivity index (χ4n) is 4.85. The molecule has 1 amide bonds. The minimum Gasteiger partial charge on any atom is -0.496 e. The summed E-state index contributed by atoms with van der Waals surface area (Å²) < 4.78 is 33.4. The Morgan fingerprint density at radius 2 is 1.90 bits per heavy atom. The van der Waals surface area contributed by atoms with Crippen molar-refractivity contribution in [2.24, 2.45) is 11.8 Å². The van der Waals surface area contributed by atoms with Gasteiger partial charge in [-0.1, -0.05) is 24.6 Å². The molecule has 2 aromatic rings. The number of rotatable bonds is 7. The summed E-state index contributed by atoms with van der Waals surface area (Å²) >= 11 is 0. The lowest BCUT2D eigenvalue weighted by molar-refractivity contribution is -0.120. The van der Waals surface area contributed by atoms with Crippen molar-refractivity contribution < 1.29 is 17.9 Å². The van der Waals surface area contributed by atoms with Crippen LogP contribution < -0.4 is 14.4 Å². The number of hydrogen-bond acceptors (Lipinski definition) is 4. The van der Waals surface area contributed by atoms with Crippen LogP contribution in [-0.4, -0.2) is 34.0 Å². The summed E-state index contributed by atoms with van der Waals surface area (Å²) in [5.74, 6) is 1.60. The minimum absolute atomic E-state index is 0.136. The molecular weight excluding hydrogens is 400 g/mol. The van der Waals surface area contributed by atoms with Gasteiger partial charge in [-0.2, -0.15) is 0 Å². The number of nitrogens with one attached hydrogen (secondary N) is 1. The summed E-state index contributed by atoms with van der Waals surface area (Å²) in [6.07, 6.45) is 4.59. The molecule has 30 heavy (non-hydrogen) atoms. The van der Waals surface area contributed by atoms with Gasteiger partial charge in [-0.15, -0.1) is 0 Å². The highest BCUT2D eigenvalue weighted by atomic mass is 32.2. The first-order chi connectivity index (χ1) is 14.4. The van der Waals surface area contributed by atoms with E-state index in [0.29, 0.717) is 23.3 Å². The van der Waals surface area contributed by atoms with Crippen LogP contribution in [0.5, 0.6) is 5.75 Å². The van der Waals surface area contributed by atoms with Gasteiger partial charge in [0.25, 0.3) is 10.0 Å². The molecule has 0 aliphatic heterocycles. The summed E-state index contributed by atoms with van der Waals surface area (Å²) in [5, 5.41) is 3.10. The second kappa shape index (κ2) is 8.30. The number of methoxy groups -OCH3 is 1. The maximum absolute atomic E-state index is 13.5. The van der Waals surface area contributed by atoms with E-state index in [0.717, 1.165) is 18.4 Å². The molecule has 3 atom stereocenters. The molecule has 0 aromatic heterocycles. The van der Waals surface area contributed by atoms with Crippen LogP contribution in [0.25, 0.3) is 0 Å². The average molecular weight is 429 g/mol. The van der Waals surface area contributed by atoms with E-state index in [1.807, 2.05) is 6.07 Å². The highest BCUT2D eigenvalue weighted by Gasteiger charge is 2.40. The molecule has 2 saturated carbocycles. The molecule has 0 heterocycles. The molecule has 4 rings (SSSR count). The van der Waals surface area contributed by atoms with Gasteiger partial charge in [0.15, 0.2) is 0 Å². The number of benzene rings is 2. The van der Waals surface area contributed by atoms with E-state index in [4.69, 9.17) is 4.74 Å². The molecule has 0 saturated heterocycles. The van der Waals surface area contributed by atoms with E-state index in [2.05, 4.69) is 5.32 Å². The average Bonchev–Trinajstić information content (AvgIpc) is 3.35. The molecule has 0 spiro atoms. The Morgan fingerprint density at radius 3 is 2.50 bits per heavy atom. The topological polar surface area (TPSA) is 75.7 Å². The van der Waals surface area contributed by atoms with Crippen LogP contribution in [0, 0.1) is 18.8 Å². The molecule has 2 aromatic carbocycles. The lowest BCUT2D eigenvalue weighted by atomic mass is 9.95. The van der Waals surface area contributed by atoms with E-state index in [1.165, 1.54) is 23.2 Å². The zero-order valence-corrected chi connectivity index (χ0v) is 18.2. The number of para-hydroxylation sites is 1. The van der Waals surface area contributed by atoms with Gasteiger partial charge in [0.2, 0.25) is 5.91 Å². The van der Waals surface area contributed by atoms with Crippen LogP contribution in [-0.2, 0) is 14.8 Å². The summed E-state index contributed by atoms with van der Waals surface area (Å²) in [4.78, 5) is 13.0. The van der Waals surface area contributed by atoms with Gasteiger partial charge in [0.05, 0.1) is 17.7 Å². The van der Waals surface area contributed by atoms with Gasteiger partial charge in [-0.3, -0.25) is 9.10 Å². The summed E-state index contributed by atoms with van der Waals surface area (Å²) in [5.41, 5.74) is 1.19. The van der Waals surface area contributed by atoms with Gasteiger partial charge in [-0.25, -0.2) is 8.42 Å². The lowest BCUT2D eigenvalue weighted by Crippen LogP contribution is -2.46. The Morgan fingerprint density at radius 1 is 1.13 bits per heavy atom. The zero-order chi connectivity index (χ0) is 21.3. The predicted molar refractivity (Wildman–Crippen MR) is 116 cm³/mol. The molecule has 2 aliphatic rings. The predicted octanol–water partition coefficient (Wildman–Crippen LogP) is 3.50. The largest absolute Gasteiger partial charge is 0.496 e. The van der Waals surface area contributed by atoms with Crippen LogP contribution in [0.1, 0.15) is 31.2 Å². The second-order valence-electron chi connectivity index (χ2n) is 8.33. The van der Waals surface area contributed by atoms with Crippen LogP contribution in [0.3, 0.4) is 0 Å². The van der Waals surface area contributed by atoms with E-state index >= 15 is 0 Å². The van der Waals surface area contributed by atoms with Gasteiger partial charge in [-0.05, 0) is 73.9 Å². The zero-order valence-electron chi connectivity index (χ0n) is 17.4. The van der Waals surface area contributed by atoms with Gasteiger partial charge >= 0.3 is 0 Å². The van der Waals surface area contributed by atoms with E-state index in [9.17, 15) is 13.2 Å². The Balaban J connectivity index is 1.59. The van der Waals surface area contributed by atoms with E-state index in [-0.39, 0.29) is 23.4 Å². The number of carbonyl (C=O) groups is 1. The monoisotopic (exact) mass is 428 g/mol. The molecule has 2 bridgehead atoms. The van der Waals surface area contributed by atoms with Gasteiger partial charge in [0, 0.05) is 6.04 Å². The first-order valence-electron chi connectivity index (χ1n) is 10.4. The fraction of sp³-hybridized carbons (Fsp3) is 0.435. The van der Waals surface area contributed by atoms with Crippen molar-refractivity contribution >= 4 is 21.6 Å². The molecule has 6 nitrogen and oxygen atoms in total. The Kier molecular flexibility index (Phi) is 5.73. The van der Waals surface area contributed by atoms with Crippen molar-refractivity contribution in [1.29, 1.82) is 0 Å². The first kappa shape index (κ1) is 20.7. The molecule has 2 fully saturated rings. The highest BCUT2D eigenvalue weighted by Crippen LogP contribution is 2.44. The molecule has 7 heteroatoms. The number of hydrogen-bond donors (Lipinski definition) is 1. The van der Waals surface area contributed by atoms with Crippen LogP contribution >= 0.6 is 0 Å². The van der Waals surface area contributed by atoms with Crippen molar-refractivity contribution in [3.63, 3.8) is 0 Å². The van der Waals surface area contributed by atoms with Crippen LogP contribution in [0.15, 0.2) is 53.4 Å². The quantitative estimate of drug-likeness (QED) is 0.732. The number of nitrogens with zero attached hydrogens (tertiary/aromatic N) is 1. The SMILES string of the molecule is COc1ccc(S(=O)(=O)N(CC(=O)NC2CC3CCC2C3)c2ccccc2)cc1C. The van der Waals surface area contributed by atoms with Crippen LogP contribution in [0.2, 0.25) is 0 Å². The lowest BCUT2D eigenvalue weighted by Gasteiger charge is -2.27. The normalized spacial score (nSPS) is 22.7. The fourth-order valence-corrected chi connectivity index (χ4v) is 6.36. The smallest absolute Gasteiger partial charge is 0.264 e. The minimum atomic E-state index is -3.92. The van der Waals surface area contributed by atoms with Crippen molar-refractivity contribution in [3.8, 4) is 5.75 Å². The Bertz CT molecular complexity index is 1020. The number of amides is 1. The molecule has 3 unspecified atom stereocenters. The van der Waals surface area contributed by atoms with Gasteiger partial charge < -0.3 is 10.1 Å². The maximum atomic E-state index is 13.5. The van der Waals surface area contributed by atoms with E-state index in [1.54, 1.807) is 50.4 Å². The molecule has 0 radical (unpaired) electrons. The number of ether oxygens (including phenoxy) is 1.